The van der Waals surface area contributed by atoms with Crippen LogP contribution in [0, 0.1) is 6.92 Å². The molecule has 0 aliphatic rings. The number of aliphatic hydroxyl groups is 2. The summed E-state index contributed by atoms with van der Waals surface area (Å²) in [5.41, 5.74) is 1.32. The maximum Gasteiger partial charge on any atom is 0.335 e. The zero-order valence-corrected chi connectivity index (χ0v) is 8.84. The van der Waals surface area contributed by atoms with Crippen LogP contribution in [0.15, 0.2) is 24.3 Å². The average Bonchev–Trinajstić information content (AvgIpc) is 2.18. The summed E-state index contributed by atoms with van der Waals surface area (Å²) in [6, 6.07) is 6.82. The minimum Gasteiger partial charge on any atom is -0.478 e. The third-order valence-corrected chi connectivity index (χ3v) is 1.63. The van der Waals surface area contributed by atoms with Gasteiger partial charge in [0.05, 0.1) is 5.56 Å². The van der Waals surface area contributed by atoms with Crippen molar-refractivity contribution in [3.63, 3.8) is 0 Å². The van der Waals surface area contributed by atoms with Crippen LogP contribution in [0.4, 0.5) is 0 Å². The van der Waals surface area contributed by atoms with E-state index in [2.05, 4.69) is 0 Å². The summed E-state index contributed by atoms with van der Waals surface area (Å²) in [7, 11) is 0. The molecule has 15 heavy (non-hydrogen) atoms. The molecule has 0 fully saturated rings. The maximum atomic E-state index is 10.4. The molecule has 0 spiro atoms. The average molecular weight is 212 g/mol. The largest absolute Gasteiger partial charge is 0.478 e. The monoisotopic (exact) mass is 212 g/mol. The van der Waals surface area contributed by atoms with Crippen molar-refractivity contribution in [2.45, 2.75) is 26.6 Å². The van der Waals surface area contributed by atoms with E-state index in [4.69, 9.17) is 15.3 Å². The first-order chi connectivity index (χ1) is 6.97. The minimum absolute atomic E-state index is 0.347. The Morgan fingerprint density at radius 2 is 1.93 bits per heavy atom. The van der Waals surface area contributed by atoms with Gasteiger partial charge in [0, 0.05) is 0 Å². The molecule has 0 amide bonds. The molecule has 1 aromatic rings. The molecule has 1 rings (SSSR count). The Hall–Kier alpha value is -1.39. The van der Waals surface area contributed by atoms with Gasteiger partial charge in [-0.2, -0.15) is 0 Å². The molecule has 0 aliphatic heterocycles. The first-order valence-corrected chi connectivity index (χ1v) is 4.63. The highest BCUT2D eigenvalue weighted by Crippen LogP contribution is 2.02. The van der Waals surface area contributed by atoms with Gasteiger partial charge in [-0.25, -0.2) is 4.79 Å². The predicted octanol–water partition coefficient (Wildman–Crippen LogP) is 1.40. The van der Waals surface area contributed by atoms with E-state index in [1.807, 2.05) is 13.0 Å². The van der Waals surface area contributed by atoms with E-state index >= 15 is 0 Å². The molecule has 0 saturated heterocycles. The third-order valence-electron chi connectivity index (χ3n) is 1.63. The molecule has 0 aliphatic carbocycles. The Balaban J connectivity index is 0.000000336. The van der Waals surface area contributed by atoms with Crippen molar-refractivity contribution in [1.29, 1.82) is 0 Å². The Kier molecular flexibility index (Phi) is 6.33. The lowest BCUT2D eigenvalue weighted by Crippen LogP contribution is -1.99. The van der Waals surface area contributed by atoms with Crippen LogP contribution in [0.3, 0.4) is 0 Å². The first-order valence-electron chi connectivity index (χ1n) is 4.63. The molecular weight excluding hydrogens is 196 g/mol. The summed E-state index contributed by atoms with van der Waals surface area (Å²) in [6.07, 6.45) is -0.699. The summed E-state index contributed by atoms with van der Waals surface area (Å²) in [6.45, 7) is 3.57. The zero-order chi connectivity index (χ0) is 11.8. The van der Waals surface area contributed by atoms with Gasteiger partial charge in [0.15, 0.2) is 6.29 Å². The standard InChI is InChI=1S/C8H8O2.C3H8O2/c1-6-3-2-4-7(5-6)8(9)10;1-2-3(4)5/h2-5H,1H3,(H,9,10);3-5H,2H2,1H3. The fourth-order valence-electron chi connectivity index (χ4n) is 0.778. The van der Waals surface area contributed by atoms with E-state index in [1.165, 1.54) is 0 Å². The normalized spacial score (nSPS) is 9.40. The lowest BCUT2D eigenvalue weighted by Gasteiger charge is -1.93. The molecule has 0 radical (unpaired) electrons. The van der Waals surface area contributed by atoms with Crippen molar-refractivity contribution in [1.82, 2.24) is 0 Å². The Bertz CT molecular complexity index is 307. The van der Waals surface area contributed by atoms with Gasteiger partial charge in [-0.3, -0.25) is 0 Å². The van der Waals surface area contributed by atoms with Crippen LogP contribution in [0.1, 0.15) is 29.3 Å². The summed E-state index contributed by atoms with van der Waals surface area (Å²) in [5, 5.41) is 24.3. The van der Waals surface area contributed by atoms with E-state index in [-0.39, 0.29) is 0 Å². The molecule has 84 valence electrons. The molecule has 0 saturated carbocycles. The van der Waals surface area contributed by atoms with Gasteiger partial charge < -0.3 is 15.3 Å². The van der Waals surface area contributed by atoms with Gasteiger partial charge >= 0.3 is 5.97 Å². The van der Waals surface area contributed by atoms with Crippen molar-refractivity contribution >= 4 is 5.97 Å². The number of hydrogen-bond acceptors (Lipinski definition) is 3. The minimum atomic E-state index is -1.12. The molecular formula is C11H16O4. The van der Waals surface area contributed by atoms with E-state index in [0.717, 1.165) is 5.56 Å². The quantitative estimate of drug-likeness (QED) is 0.647. The second-order valence-electron chi connectivity index (χ2n) is 3.06. The van der Waals surface area contributed by atoms with Crippen LogP contribution in [0.5, 0.6) is 0 Å². The summed E-state index contributed by atoms with van der Waals surface area (Å²) < 4.78 is 0. The SMILES string of the molecule is CCC(O)O.Cc1cccc(C(=O)O)c1. The zero-order valence-electron chi connectivity index (χ0n) is 8.84. The van der Waals surface area contributed by atoms with Crippen molar-refractivity contribution in [2.75, 3.05) is 0 Å². The topological polar surface area (TPSA) is 77.8 Å². The summed E-state index contributed by atoms with van der Waals surface area (Å²) in [4.78, 5) is 10.4. The molecule has 0 unspecified atom stereocenters. The number of rotatable bonds is 2. The Morgan fingerprint density at radius 3 is 2.20 bits per heavy atom. The first kappa shape index (κ1) is 13.6. The van der Waals surface area contributed by atoms with Gasteiger partial charge in [-0.05, 0) is 25.5 Å². The number of hydrogen-bond donors (Lipinski definition) is 3. The van der Waals surface area contributed by atoms with Crippen LogP contribution in [-0.2, 0) is 0 Å². The number of aliphatic hydroxyl groups excluding tert-OH is 1. The predicted molar refractivity (Wildman–Crippen MR) is 56.7 cm³/mol. The van der Waals surface area contributed by atoms with Crippen LogP contribution in [-0.4, -0.2) is 27.6 Å². The molecule has 0 aromatic heterocycles. The second-order valence-corrected chi connectivity index (χ2v) is 3.06. The Morgan fingerprint density at radius 1 is 1.40 bits per heavy atom. The van der Waals surface area contributed by atoms with Gasteiger partial charge in [-0.1, -0.05) is 24.6 Å². The second kappa shape index (κ2) is 6.98. The molecule has 4 heteroatoms. The lowest BCUT2D eigenvalue weighted by atomic mass is 10.1. The summed E-state index contributed by atoms with van der Waals surface area (Å²) in [5.74, 6) is -0.872. The van der Waals surface area contributed by atoms with E-state index in [9.17, 15) is 4.79 Å². The van der Waals surface area contributed by atoms with Crippen LogP contribution < -0.4 is 0 Å². The highest BCUT2D eigenvalue weighted by molar-refractivity contribution is 5.87. The van der Waals surface area contributed by atoms with Gasteiger partial charge in [0.25, 0.3) is 0 Å². The van der Waals surface area contributed by atoms with Crippen molar-refractivity contribution < 1.29 is 20.1 Å². The smallest absolute Gasteiger partial charge is 0.335 e. The van der Waals surface area contributed by atoms with Gasteiger partial charge in [-0.15, -0.1) is 0 Å². The highest BCUT2D eigenvalue weighted by Gasteiger charge is 1.99. The number of benzene rings is 1. The molecule has 0 heterocycles. The van der Waals surface area contributed by atoms with Gasteiger partial charge in [0.1, 0.15) is 0 Å². The molecule has 0 bridgehead atoms. The van der Waals surface area contributed by atoms with Crippen molar-refractivity contribution in [3.05, 3.63) is 35.4 Å². The van der Waals surface area contributed by atoms with Crippen molar-refractivity contribution in [3.8, 4) is 0 Å². The number of aromatic carboxylic acids is 1. The molecule has 4 nitrogen and oxygen atoms in total. The van der Waals surface area contributed by atoms with E-state index < -0.39 is 12.3 Å². The Labute approximate surface area is 88.8 Å². The van der Waals surface area contributed by atoms with Crippen LogP contribution in [0.25, 0.3) is 0 Å². The number of carboxylic acid groups (broad SMARTS) is 1. The number of aryl methyl sites for hydroxylation is 1. The van der Waals surface area contributed by atoms with Crippen LogP contribution in [0.2, 0.25) is 0 Å². The molecule has 3 N–H and O–H groups in total. The third kappa shape index (κ3) is 6.65. The number of carbonyl (C=O) groups is 1. The number of carboxylic acids is 1. The van der Waals surface area contributed by atoms with Crippen LogP contribution >= 0.6 is 0 Å². The highest BCUT2D eigenvalue weighted by atomic mass is 16.5. The van der Waals surface area contributed by atoms with Crippen molar-refractivity contribution in [2.24, 2.45) is 0 Å². The summed E-state index contributed by atoms with van der Waals surface area (Å²) >= 11 is 0. The maximum absolute atomic E-state index is 10.4. The molecule has 1 aromatic carbocycles. The lowest BCUT2D eigenvalue weighted by molar-refractivity contribution is -0.0413. The fourth-order valence-corrected chi connectivity index (χ4v) is 0.778. The van der Waals surface area contributed by atoms with E-state index in [0.29, 0.717) is 12.0 Å². The molecule has 0 atom stereocenters. The van der Waals surface area contributed by atoms with Gasteiger partial charge in [0.2, 0.25) is 0 Å². The van der Waals surface area contributed by atoms with E-state index in [1.54, 1.807) is 25.1 Å². The fraction of sp³-hybridized carbons (Fsp3) is 0.364.